The van der Waals surface area contributed by atoms with Crippen LogP contribution in [0.25, 0.3) is 17.1 Å². The molecule has 0 radical (unpaired) electrons. The number of carbonyl (C=O) groups excluding carboxylic acids is 2. The molecule has 3 aromatic heterocycles. The van der Waals surface area contributed by atoms with Crippen LogP contribution in [0.5, 0.6) is 0 Å². The lowest BCUT2D eigenvalue weighted by Crippen LogP contribution is -2.28. The Morgan fingerprint density at radius 1 is 1.16 bits per heavy atom. The Balaban J connectivity index is 1.32. The average molecular weight is 440 g/mol. The molecule has 31 heavy (non-hydrogen) atoms. The number of aryl methyl sites for hydroxylation is 1. The van der Waals surface area contributed by atoms with Gasteiger partial charge in [0.05, 0.1) is 17.8 Å². The molecule has 10 heteroatoms. The maximum Gasteiger partial charge on any atom is 0.342 e. The average Bonchev–Trinajstić information content (AvgIpc) is 3.45. The molecule has 0 saturated carbocycles. The third-order valence-electron chi connectivity index (χ3n) is 4.54. The fourth-order valence-corrected chi connectivity index (χ4v) is 3.15. The first-order valence-electron chi connectivity index (χ1n) is 9.51. The van der Waals surface area contributed by atoms with Crippen LogP contribution < -0.4 is 5.32 Å². The number of nitrogens with one attached hydrogen (secondary N) is 1. The molecule has 3 heterocycles. The maximum atomic E-state index is 12.4. The minimum absolute atomic E-state index is 0.163. The van der Waals surface area contributed by atoms with E-state index in [2.05, 4.69) is 20.4 Å². The van der Waals surface area contributed by atoms with Crippen LogP contribution in [0.3, 0.4) is 0 Å². The Bertz CT molecular complexity index is 1230. The van der Waals surface area contributed by atoms with Gasteiger partial charge in [-0.2, -0.15) is 10.1 Å². The van der Waals surface area contributed by atoms with Crippen LogP contribution >= 0.6 is 11.6 Å². The molecule has 1 aromatic carbocycles. The van der Waals surface area contributed by atoms with Gasteiger partial charge < -0.3 is 14.5 Å². The molecule has 4 aromatic rings. The van der Waals surface area contributed by atoms with Crippen LogP contribution in [0.2, 0.25) is 5.02 Å². The van der Waals surface area contributed by atoms with Crippen molar-refractivity contribution in [2.75, 3.05) is 6.61 Å². The second-order valence-corrected chi connectivity index (χ2v) is 7.01. The van der Waals surface area contributed by atoms with E-state index in [-0.39, 0.29) is 12.1 Å². The first-order chi connectivity index (χ1) is 15.0. The maximum absolute atomic E-state index is 12.4. The van der Waals surface area contributed by atoms with Gasteiger partial charge in [0.15, 0.2) is 6.61 Å². The van der Waals surface area contributed by atoms with Crippen molar-refractivity contribution in [1.29, 1.82) is 0 Å². The van der Waals surface area contributed by atoms with Crippen molar-refractivity contribution in [3.8, 4) is 11.3 Å². The van der Waals surface area contributed by atoms with Gasteiger partial charge >= 0.3 is 5.97 Å². The summed E-state index contributed by atoms with van der Waals surface area (Å²) in [6.07, 6.45) is 3.26. The van der Waals surface area contributed by atoms with Crippen molar-refractivity contribution in [2.45, 2.75) is 19.9 Å². The molecule has 0 fully saturated rings. The first kappa shape index (κ1) is 20.5. The summed E-state index contributed by atoms with van der Waals surface area (Å²) in [5.74, 6) is 0.516. The van der Waals surface area contributed by atoms with E-state index in [0.29, 0.717) is 34.4 Å². The number of carbonyl (C=O) groups is 2. The lowest BCUT2D eigenvalue weighted by molar-refractivity contribution is -0.124. The van der Waals surface area contributed by atoms with E-state index in [9.17, 15) is 9.59 Å². The van der Waals surface area contributed by atoms with Gasteiger partial charge in [0.1, 0.15) is 17.8 Å². The summed E-state index contributed by atoms with van der Waals surface area (Å²) in [7, 11) is 0. The highest BCUT2D eigenvalue weighted by atomic mass is 35.5. The van der Waals surface area contributed by atoms with Crippen LogP contribution in [0.1, 0.15) is 28.7 Å². The van der Waals surface area contributed by atoms with Crippen LogP contribution in [-0.2, 0) is 22.5 Å². The summed E-state index contributed by atoms with van der Waals surface area (Å²) >= 11 is 5.89. The van der Waals surface area contributed by atoms with E-state index in [1.54, 1.807) is 18.2 Å². The number of ether oxygens (including phenoxy) is 1. The Kier molecular flexibility index (Phi) is 5.94. The number of aromatic nitrogens is 4. The highest BCUT2D eigenvalue weighted by Gasteiger charge is 2.18. The fraction of sp³-hybridized carbons (Fsp3) is 0.190. The molecular weight excluding hydrogens is 422 g/mol. The number of hydrogen-bond acceptors (Lipinski definition) is 7. The van der Waals surface area contributed by atoms with Crippen molar-refractivity contribution in [3.63, 3.8) is 0 Å². The zero-order valence-corrected chi connectivity index (χ0v) is 17.3. The Labute approximate surface area is 182 Å². The topological polar surface area (TPSA) is 112 Å². The minimum Gasteiger partial charge on any atom is -0.459 e. The molecule has 0 aliphatic carbocycles. The van der Waals surface area contributed by atoms with Gasteiger partial charge in [0.2, 0.25) is 0 Å². The van der Waals surface area contributed by atoms with E-state index in [1.807, 2.05) is 25.1 Å². The SMILES string of the molecule is CCc1c(C(=O)OCC(=O)NCc2ccc(-c3ccc(Cl)cc3)o2)cnc2ncnn12. The van der Waals surface area contributed by atoms with Crippen LogP contribution in [0, 0.1) is 0 Å². The van der Waals surface area contributed by atoms with E-state index in [1.165, 1.54) is 17.0 Å². The standard InChI is InChI=1S/C21H18ClN5O4/c1-2-17-16(10-24-21-25-12-26-27(17)21)20(29)30-11-19(28)23-9-15-7-8-18(31-15)13-3-5-14(22)6-4-13/h3-8,10,12H,2,9,11H2,1H3,(H,23,28). The molecule has 0 bridgehead atoms. The van der Waals surface area contributed by atoms with Crippen molar-refractivity contribution >= 4 is 29.3 Å². The van der Waals surface area contributed by atoms with E-state index >= 15 is 0 Å². The molecule has 0 aliphatic rings. The molecule has 0 spiro atoms. The molecule has 9 nitrogen and oxygen atoms in total. The monoisotopic (exact) mass is 439 g/mol. The smallest absolute Gasteiger partial charge is 0.342 e. The van der Waals surface area contributed by atoms with Gasteiger partial charge in [-0.1, -0.05) is 18.5 Å². The number of rotatable bonds is 7. The fourth-order valence-electron chi connectivity index (χ4n) is 3.02. The number of halogens is 1. The number of fused-ring (bicyclic) bond motifs is 1. The predicted octanol–water partition coefficient (Wildman–Crippen LogP) is 3.07. The van der Waals surface area contributed by atoms with Gasteiger partial charge in [0.25, 0.3) is 11.7 Å². The number of hydrogen-bond donors (Lipinski definition) is 1. The third kappa shape index (κ3) is 4.56. The summed E-state index contributed by atoms with van der Waals surface area (Å²) in [6.45, 7) is 1.61. The zero-order chi connectivity index (χ0) is 21.8. The summed E-state index contributed by atoms with van der Waals surface area (Å²) in [5.41, 5.74) is 1.73. The Hall–Kier alpha value is -3.72. The number of esters is 1. The van der Waals surface area contributed by atoms with Gasteiger partial charge in [-0.15, -0.1) is 0 Å². The molecule has 1 amide bonds. The van der Waals surface area contributed by atoms with E-state index in [0.717, 1.165) is 5.56 Å². The normalized spacial score (nSPS) is 10.9. The number of amides is 1. The Morgan fingerprint density at radius 2 is 1.97 bits per heavy atom. The van der Waals surface area contributed by atoms with Crippen LogP contribution in [-0.4, -0.2) is 38.1 Å². The zero-order valence-electron chi connectivity index (χ0n) is 16.5. The minimum atomic E-state index is -0.653. The quantitative estimate of drug-likeness (QED) is 0.440. The van der Waals surface area contributed by atoms with Crippen molar-refractivity contribution in [1.82, 2.24) is 24.9 Å². The van der Waals surface area contributed by atoms with Crippen LogP contribution in [0.15, 0.2) is 53.3 Å². The number of nitrogens with zero attached hydrogens (tertiary/aromatic N) is 4. The van der Waals surface area contributed by atoms with Gasteiger partial charge in [-0.05, 0) is 42.8 Å². The third-order valence-corrected chi connectivity index (χ3v) is 4.80. The largest absolute Gasteiger partial charge is 0.459 e. The van der Waals surface area contributed by atoms with Gasteiger partial charge in [-0.3, -0.25) is 4.79 Å². The first-order valence-corrected chi connectivity index (χ1v) is 9.89. The second kappa shape index (κ2) is 8.97. The summed E-state index contributed by atoms with van der Waals surface area (Å²) in [5, 5.41) is 7.36. The molecule has 0 atom stereocenters. The highest BCUT2D eigenvalue weighted by molar-refractivity contribution is 6.30. The number of furan rings is 1. The molecular formula is C21H18ClN5O4. The summed E-state index contributed by atoms with van der Waals surface area (Å²) in [6, 6.07) is 10.8. The molecule has 1 N–H and O–H groups in total. The summed E-state index contributed by atoms with van der Waals surface area (Å²) < 4.78 is 12.3. The van der Waals surface area contributed by atoms with Crippen molar-refractivity contribution in [2.24, 2.45) is 0 Å². The molecule has 0 unspecified atom stereocenters. The second-order valence-electron chi connectivity index (χ2n) is 6.57. The number of benzene rings is 1. The van der Waals surface area contributed by atoms with Crippen LogP contribution in [0.4, 0.5) is 0 Å². The van der Waals surface area contributed by atoms with Gasteiger partial charge in [0, 0.05) is 16.8 Å². The van der Waals surface area contributed by atoms with Gasteiger partial charge in [-0.25, -0.2) is 14.3 Å². The van der Waals surface area contributed by atoms with Crippen molar-refractivity contribution in [3.05, 3.63) is 71.0 Å². The lowest BCUT2D eigenvalue weighted by atomic mass is 10.2. The summed E-state index contributed by atoms with van der Waals surface area (Å²) in [4.78, 5) is 32.6. The van der Waals surface area contributed by atoms with E-state index < -0.39 is 18.5 Å². The highest BCUT2D eigenvalue weighted by Crippen LogP contribution is 2.23. The predicted molar refractivity (Wildman–Crippen MR) is 111 cm³/mol. The molecule has 158 valence electrons. The van der Waals surface area contributed by atoms with Crippen molar-refractivity contribution < 1.29 is 18.7 Å². The lowest BCUT2D eigenvalue weighted by Gasteiger charge is -2.09. The Morgan fingerprint density at radius 3 is 2.74 bits per heavy atom. The molecule has 0 saturated heterocycles. The molecule has 0 aliphatic heterocycles. The molecule has 4 rings (SSSR count). The van der Waals surface area contributed by atoms with E-state index in [4.69, 9.17) is 20.8 Å².